The van der Waals surface area contributed by atoms with Crippen molar-refractivity contribution in [3.8, 4) is 0 Å². The third-order valence-electron chi connectivity index (χ3n) is 3.58. The van der Waals surface area contributed by atoms with Crippen molar-refractivity contribution in [2.45, 2.75) is 31.3 Å². The van der Waals surface area contributed by atoms with Crippen LogP contribution in [0.1, 0.15) is 40.0 Å². The lowest BCUT2D eigenvalue weighted by Gasteiger charge is -2.14. The Balaban J connectivity index is 1.81. The van der Waals surface area contributed by atoms with E-state index in [-0.39, 0.29) is 17.9 Å². The predicted molar refractivity (Wildman–Crippen MR) is 67.5 cm³/mol. The summed E-state index contributed by atoms with van der Waals surface area (Å²) in [5, 5.41) is 5.65. The van der Waals surface area contributed by atoms with Gasteiger partial charge in [-0.15, -0.1) is 0 Å². The number of nitrogens with one attached hydrogen (secondary N) is 2. The van der Waals surface area contributed by atoms with Crippen LogP contribution in [0.3, 0.4) is 0 Å². The molecule has 1 fully saturated rings. The Hall–Kier alpha value is -1.88. The summed E-state index contributed by atoms with van der Waals surface area (Å²) in [4.78, 5) is 22.9. The number of hydrogen-bond donors (Lipinski definition) is 3. The summed E-state index contributed by atoms with van der Waals surface area (Å²) in [6, 6.07) is 5.88. The van der Waals surface area contributed by atoms with Crippen LogP contribution in [0.15, 0.2) is 18.2 Å². The van der Waals surface area contributed by atoms with Gasteiger partial charge in [-0.1, -0.05) is 0 Å². The summed E-state index contributed by atoms with van der Waals surface area (Å²) in [5.41, 5.74) is 7.64. The first-order chi connectivity index (χ1) is 8.63. The van der Waals surface area contributed by atoms with Crippen molar-refractivity contribution in [3.05, 3.63) is 29.3 Å². The number of amides is 2. The molecule has 1 aromatic carbocycles. The fourth-order valence-corrected chi connectivity index (χ4v) is 2.64. The van der Waals surface area contributed by atoms with Gasteiger partial charge < -0.3 is 11.1 Å². The molecule has 0 spiro atoms. The van der Waals surface area contributed by atoms with Gasteiger partial charge >= 0.3 is 0 Å². The first kappa shape index (κ1) is 11.2. The molecule has 1 aliphatic heterocycles. The Morgan fingerprint density at radius 3 is 2.67 bits per heavy atom. The van der Waals surface area contributed by atoms with Crippen molar-refractivity contribution in [2.75, 3.05) is 5.32 Å². The highest BCUT2D eigenvalue weighted by Gasteiger charge is 2.27. The van der Waals surface area contributed by atoms with E-state index < -0.39 is 0 Å². The molecule has 5 nitrogen and oxygen atoms in total. The zero-order valence-corrected chi connectivity index (χ0v) is 9.90. The van der Waals surface area contributed by atoms with Crippen molar-refractivity contribution in [1.82, 2.24) is 5.32 Å². The molecule has 2 atom stereocenters. The van der Waals surface area contributed by atoms with Crippen LogP contribution in [0.4, 0.5) is 5.69 Å². The number of imide groups is 1. The molecule has 1 saturated carbocycles. The number of carbonyl (C=O) groups excluding carboxylic acids is 2. The standard InChI is InChI=1S/C13H15N3O2/c14-7-1-2-8(5-7)15-9-3-4-10-11(6-9)13(18)16-12(10)17/h3-4,6-8,15H,1-2,5,14H2,(H,16,17,18). The Bertz CT molecular complexity index is 527. The van der Waals surface area contributed by atoms with E-state index >= 15 is 0 Å². The van der Waals surface area contributed by atoms with Crippen LogP contribution in [0.2, 0.25) is 0 Å². The minimum atomic E-state index is -0.318. The van der Waals surface area contributed by atoms with Gasteiger partial charge in [0, 0.05) is 17.8 Å². The highest BCUT2D eigenvalue weighted by atomic mass is 16.2. The molecule has 0 aromatic heterocycles. The average molecular weight is 245 g/mol. The summed E-state index contributed by atoms with van der Waals surface area (Å²) in [7, 11) is 0. The lowest BCUT2D eigenvalue weighted by Crippen LogP contribution is -2.21. The zero-order valence-electron chi connectivity index (χ0n) is 9.90. The predicted octanol–water partition coefficient (Wildman–Crippen LogP) is 0.862. The number of rotatable bonds is 2. The van der Waals surface area contributed by atoms with Crippen molar-refractivity contribution < 1.29 is 9.59 Å². The maximum absolute atomic E-state index is 11.5. The second-order valence-electron chi connectivity index (χ2n) is 4.96. The van der Waals surface area contributed by atoms with Crippen LogP contribution in [0.5, 0.6) is 0 Å². The van der Waals surface area contributed by atoms with Gasteiger partial charge in [-0.05, 0) is 37.5 Å². The molecule has 18 heavy (non-hydrogen) atoms. The lowest BCUT2D eigenvalue weighted by molar-refractivity contribution is 0.0879. The summed E-state index contributed by atoms with van der Waals surface area (Å²) < 4.78 is 0. The van der Waals surface area contributed by atoms with Crippen molar-refractivity contribution in [1.29, 1.82) is 0 Å². The summed E-state index contributed by atoms with van der Waals surface area (Å²) >= 11 is 0. The normalized spacial score (nSPS) is 26.1. The fourth-order valence-electron chi connectivity index (χ4n) is 2.64. The van der Waals surface area contributed by atoms with Crippen molar-refractivity contribution in [2.24, 2.45) is 5.73 Å². The highest BCUT2D eigenvalue weighted by molar-refractivity contribution is 6.21. The molecule has 1 aliphatic carbocycles. The second kappa shape index (κ2) is 4.10. The van der Waals surface area contributed by atoms with Crippen molar-refractivity contribution in [3.63, 3.8) is 0 Å². The molecule has 1 heterocycles. The zero-order chi connectivity index (χ0) is 12.7. The monoisotopic (exact) mass is 245 g/mol. The van der Waals surface area contributed by atoms with Gasteiger partial charge in [0.1, 0.15) is 0 Å². The van der Waals surface area contributed by atoms with E-state index in [9.17, 15) is 9.59 Å². The Kier molecular flexibility index (Phi) is 2.56. The van der Waals surface area contributed by atoms with Gasteiger partial charge in [-0.3, -0.25) is 14.9 Å². The van der Waals surface area contributed by atoms with E-state index in [1.165, 1.54) is 0 Å². The van der Waals surface area contributed by atoms with Gasteiger partial charge in [-0.25, -0.2) is 0 Å². The number of hydrogen-bond acceptors (Lipinski definition) is 4. The number of nitrogens with two attached hydrogens (primary N) is 1. The molecule has 2 aliphatic rings. The van der Waals surface area contributed by atoms with Crippen LogP contribution in [-0.4, -0.2) is 23.9 Å². The van der Waals surface area contributed by atoms with Gasteiger partial charge in [0.05, 0.1) is 11.1 Å². The molecule has 4 N–H and O–H groups in total. The van der Waals surface area contributed by atoms with Crippen LogP contribution in [-0.2, 0) is 0 Å². The van der Waals surface area contributed by atoms with E-state index in [2.05, 4.69) is 10.6 Å². The molecule has 0 saturated heterocycles. The van der Waals surface area contributed by atoms with Gasteiger partial charge in [-0.2, -0.15) is 0 Å². The second-order valence-corrected chi connectivity index (χ2v) is 4.96. The number of carbonyl (C=O) groups is 2. The van der Waals surface area contributed by atoms with Gasteiger partial charge in [0.15, 0.2) is 0 Å². The van der Waals surface area contributed by atoms with E-state index in [1.54, 1.807) is 12.1 Å². The number of fused-ring (bicyclic) bond motifs is 1. The van der Waals surface area contributed by atoms with Crippen LogP contribution in [0, 0.1) is 0 Å². The smallest absolute Gasteiger partial charge is 0.259 e. The molecule has 1 aromatic rings. The van der Waals surface area contributed by atoms with E-state index in [0.29, 0.717) is 17.2 Å². The Morgan fingerprint density at radius 2 is 1.94 bits per heavy atom. The SMILES string of the molecule is NC1CCC(Nc2ccc3c(c2)C(=O)NC3=O)C1. The Morgan fingerprint density at radius 1 is 1.17 bits per heavy atom. The Labute approximate surface area is 105 Å². The topological polar surface area (TPSA) is 84.2 Å². The van der Waals surface area contributed by atoms with Crippen molar-refractivity contribution >= 4 is 17.5 Å². The van der Waals surface area contributed by atoms with Crippen LogP contribution >= 0.6 is 0 Å². The average Bonchev–Trinajstić information content (AvgIpc) is 2.85. The summed E-state index contributed by atoms with van der Waals surface area (Å²) in [5.74, 6) is -0.633. The summed E-state index contributed by atoms with van der Waals surface area (Å²) in [6.45, 7) is 0. The van der Waals surface area contributed by atoms with E-state index in [1.807, 2.05) is 6.07 Å². The van der Waals surface area contributed by atoms with Gasteiger partial charge in [0.2, 0.25) is 0 Å². The third-order valence-corrected chi connectivity index (χ3v) is 3.58. The minimum absolute atomic E-state index is 0.266. The first-order valence-corrected chi connectivity index (χ1v) is 6.15. The first-order valence-electron chi connectivity index (χ1n) is 6.15. The molecule has 0 bridgehead atoms. The molecule has 0 radical (unpaired) electrons. The lowest BCUT2D eigenvalue weighted by atomic mass is 10.1. The van der Waals surface area contributed by atoms with E-state index in [0.717, 1.165) is 24.9 Å². The maximum atomic E-state index is 11.5. The number of benzene rings is 1. The minimum Gasteiger partial charge on any atom is -0.382 e. The fraction of sp³-hybridized carbons (Fsp3) is 0.385. The maximum Gasteiger partial charge on any atom is 0.259 e. The summed E-state index contributed by atoms with van der Waals surface area (Å²) in [6.07, 6.45) is 3.02. The van der Waals surface area contributed by atoms with Crippen LogP contribution < -0.4 is 16.4 Å². The molecular weight excluding hydrogens is 230 g/mol. The largest absolute Gasteiger partial charge is 0.382 e. The molecule has 5 heteroatoms. The van der Waals surface area contributed by atoms with Gasteiger partial charge in [0.25, 0.3) is 11.8 Å². The molecule has 2 unspecified atom stereocenters. The molecule has 94 valence electrons. The molecular formula is C13H15N3O2. The molecule has 3 rings (SSSR count). The van der Waals surface area contributed by atoms with Crippen LogP contribution in [0.25, 0.3) is 0 Å². The third kappa shape index (κ3) is 1.86. The highest BCUT2D eigenvalue weighted by Crippen LogP contribution is 2.25. The number of anilines is 1. The molecule has 2 amide bonds. The van der Waals surface area contributed by atoms with E-state index in [4.69, 9.17) is 5.73 Å². The quantitative estimate of drug-likeness (QED) is 0.675.